The molecular formula is C13H17ClN6S. The predicted octanol–water partition coefficient (Wildman–Crippen LogP) is 2.18. The standard InChI is InChI=1S/C13H17ClN6S/c1-3-11-15-10(14)8-12(16-11)19-4-6-20(7-5-19)13-18-17-9(2)21-13/h8H,3-7H2,1-2H3. The largest absolute Gasteiger partial charge is 0.353 e. The molecule has 0 aromatic carbocycles. The molecular weight excluding hydrogens is 308 g/mol. The van der Waals surface area contributed by atoms with E-state index >= 15 is 0 Å². The van der Waals surface area contributed by atoms with E-state index in [1.807, 2.05) is 19.9 Å². The van der Waals surface area contributed by atoms with Gasteiger partial charge in [0.15, 0.2) is 0 Å². The lowest BCUT2D eigenvalue weighted by molar-refractivity contribution is 0.641. The van der Waals surface area contributed by atoms with Gasteiger partial charge >= 0.3 is 0 Å². The number of hydrogen-bond acceptors (Lipinski definition) is 7. The summed E-state index contributed by atoms with van der Waals surface area (Å²) in [5.74, 6) is 1.71. The molecule has 0 unspecified atom stereocenters. The van der Waals surface area contributed by atoms with Crippen LogP contribution in [0.25, 0.3) is 0 Å². The van der Waals surface area contributed by atoms with Crippen molar-refractivity contribution in [1.82, 2.24) is 20.2 Å². The van der Waals surface area contributed by atoms with Gasteiger partial charge in [0.25, 0.3) is 0 Å². The number of hydrogen-bond donors (Lipinski definition) is 0. The molecule has 21 heavy (non-hydrogen) atoms. The molecule has 3 rings (SSSR count). The van der Waals surface area contributed by atoms with Crippen LogP contribution in [0.1, 0.15) is 17.8 Å². The Balaban J connectivity index is 1.69. The number of piperazine rings is 1. The molecule has 2 aromatic rings. The van der Waals surface area contributed by atoms with Crippen LogP contribution in [0.4, 0.5) is 10.9 Å². The number of anilines is 2. The van der Waals surface area contributed by atoms with Crippen molar-refractivity contribution in [2.24, 2.45) is 0 Å². The topological polar surface area (TPSA) is 58.0 Å². The first-order valence-corrected chi connectivity index (χ1v) is 8.18. The van der Waals surface area contributed by atoms with Crippen molar-refractivity contribution < 1.29 is 0 Å². The maximum atomic E-state index is 6.07. The second-order valence-corrected chi connectivity index (χ2v) is 6.44. The van der Waals surface area contributed by atoms with Crippen LogP contribution >= 0.6 is 22.9 Å². The normalized spacial score (nSPS) is 15.6. The molecule has 0 saturated carbocycles. The highest BCUT2D eigenvalue weighted by molar-refractivity contribution is 7.15. The Hall–Kier alpha value is -1.47. The van der Waals surface area contributed by atoms with Gasteiger partial charge in [-0.3, -0.25) is 0 Å². The zero-order valence-electron chi connectivity index (χ0n) is 12.1. The van der Waals surface area contributed by atoms with Crippen LogP contribution in [0.15, 0.2) is 6.07 Å². The highest BCUT2D eigenvalue weighted by Gasteiger charge is 2.21. The first-order valence-electron chi connectivity index (χ1n) is 6.99. The fourth-order valence-electron chi connectivity index (χ4n) is 2.31. The van der Waals surface area contributed by atoms with Gasteiger partial charge in [-0.2, -0.15) is 0 Å². The van der Waals surface area contributed by atoms with Crippen molar-refractivity contribution in [3.8, 4) is 0 Å². The van der Waals surface area contributed by atoms with E-state index in [9.17, 15) is 0 Å². The minimum Gasteiger partial charge on any atom is -0.353 e. The highest BCUT2D eigenvalue weighted by Crippen LogP contribution is 2.23. The van der Waals surface area contributed by atoms with Crippen LogP contribution in [-0.4, -0.2) is 46.3 Å². The molecule has 0 bridgehead atoms. The molecule has 8 heteroatoms. The molecule has 1 fully saturated rings. The van der Waals surface area contributed by atoms with Crippen molar-refractivity contribution in [3.63, 3.8) is 0 Å². The summed E-state index contributed by atoms with van der Waals surface area (Å²) in [6.45, 7) is 7.64. The number of rotatable bonds is 3. The number of aryl methyl sites for hydroxylation is 2. The second-order valence-electron chi connectivity index (χ2n) is 4.90. The number of aromatic nitrogens is 4. The van der Waals surface area contributed by atoms with Crippen LogP contribution in [0.5, 0.6) is 0 Å². The third-order valence-corrected chi connectivity index (χ3v) is 4.53. The lowest BCUT2D eigenvalue weighted by atomic mass is 10.3. The average Bonchev–Trinajstić information content (AvgIpc) is 2.93. The number of halogens is 1. The summed E-state index contributed by atoms with van der Waals surface area (Å²) in [5.41, 5.74) is 0. The monoisotopic (exact) mass is 324 g/mol. The Kier molecular flexibility index (Phi) is 4.21. The lowest BCUT2D eigenvalue weighted by Gasteiger charge is -2.35. The summed E-state index contributed by atoms with van der Waals surface area (Å²) in [5, 5.41) is 10.8. The average molecular weight is 325 g/mol. The zero-order valence-corrected chi connectivity index (χ0v) is 13.7. The summed E-state index contributed by atoms with van der Waals surface area (Å²) in [7, 11) is 0. The molecule has 0 spiro atoms. The molecule has 2 aromatic heterocycles. The van der Waals surface area contributed by atoms with Crippen molar-refractivity contribution in [3.05, 3.63) is 22.1 Å². The molecule has 112 valence electrons. The molecule has 0 atom stereocenters. The van der Waals surface area contributed by atoms with Gasteiger partial charge in [0, 0.05) is 38.7 Å². The quantitative estimate of drug-likeness (QED) is 0.807. The number of nitrogens with zero attached hydrogens (tertiary/aromatic N) is 6. The van der Waals surface area contributed by atoms with Gasteiger partial charge < -0.3 is 9.80 Å². The first-order chi connectivity index (χ1) is 10.2. The summed E-state index contributed by atoms with van der Waals surface area (Å²) < 4.78 is 0. The van der Waals surface area contributed by atoms with Crippen molar-refractivity contribution >= 4 is 33.9 Å². The fourth-order valence-corrected chi connectivity index (χ4v) is 3.25. The fraction of sp³-hybridized carbons (Fsp3) is 0.538. The van der Waals surface area contributed by atoms with Crippen LogP contribution in [-0.2, 0) is 6.42 Å². The first kappa shape index (κ1) is 14.5. The molecule has 1 saturated heterocycles. The Labute approximate surface area is 132 Å². The SMILES string of the molecule is CCc1nc(Cl)cc(N2CCN(c3nnc(C)s3)CC2)n1. The maximum Gasteiger partial charge on any atom is 0.208 e. The second kappa shape index (κ2) is 6.11. The van der Waals surface area contributed by atoms with Crippen molar-refractivity contribution in [2.75, 3.05) is 36.0 Å². The Morgan fingerprint density at radius 3 is 2.48 bits per heavy atom. The van der Waals surface area contributed by atoms with E-state index in [4.69, 9.17) is 11.6 Å². The molecule has 0 radical (unpaired) electrons. The Bertz CT molecular complexity index is 623. The summed E-state index contributed by atoms with van der Waals surface area (Å²) in [6.07, 6.45) is 0.789. The van der Waals surface area contributed by atoms with Crippen LogP contribution in [0.3, 0.4) is 0 Å². The summed E-state index contributed by atoms with van der Waals surface area (Å²) in [4.78, 5) is 13.3. The third kappa shape index (κ3) is 3.24. The molecule has 0 aliphatic carbocycles. The van der Waals surface area contributed by atoms with Gasteiger partial charge in [-0.05, 0) is 6.92 Å². The van der Waals surface area contributed by atoms with E-state index in [0.29, 0.717) is 5.15 Å². The summed E-state index contributed by atoms with van der Waals surface area (Å²) >= 11 is 7.71. The zero-order chi connectivity index (χ0) is 14.8. The molecule has 6 nitrogen and oxygen atoms in total. The van der Waals surface area contributed by atoms with E-state index in [0.717, 1.165) is 54.4 Å². The minimum atomic E-state index is 0.513. The smallest absolute Gasteiger partial charge is 0.208 e. The van der Waals surface area contributed by atoms with Crippen LogP contribution < -0.4 is 9.80 Å². The highest BCUT2D eigenvalue weighted by atomic mass is 35.5. The van der Waals surface area contributed by atoms with E-state index in [1.54, 1.807) is 11.3 Å². The third-order valence-electron chi connectivity index (χ3n) is 3.43. The lowest BCUT2D eigenvalue weighted by Crippen LogP contribution is -2.46. The van der Waals surface area contributed by atoms with E-state index in [-0.39, 0.29) is 0 Å². The van der Waals surface area contributed by atoms with Gasteiger partial charge in [-0.1, -0.05) is 29.9 Å². The predicted molar refractivity (Wildman–Crippen MR) is 85.5 cm³/mol. The van der Waals surface area contributed by atoms with E-state index in [2.05, 4.69) is 30.0 Å². The van der Waals surface area contributed by atoms with Gasteiger partial charge in [-0.15, -0.1) is 10.2 Å². The summed E-state index contributed by atoms with van der Waals surface area (Å²) in [6, 6.07) is 1.84. The minimum absolute atomic E-state index is 0.513. The molecule has 1 aliphatic rings. The van der Waals surface area contributed by atoms with Crippen LogP contribution in [0, 0.1) is 6.92 Å². The van der Waals surface area contributed by atoms with Gasteiger partial charge in [0.2, 0.25) is 5.13 Å². The van der Waals surface area contributed by atoms with Gasteiger partial charge in [-0.25, -0.2) is 9.97 Å². The Morgan fingerprint density at radius 1 is 1.14 bits per heavy atom. The molecule has 0 N–H and O–H groups in total. The maximum absolute atomic E-state index is 6.07. The van der Waals surface area contributed by atoms with E-state index < -0.39 is 0 Å². The molecule has 1 aliphatic heterocycles. The Morgan fingerprint density at radius 2 is 1.86 bits per heavy atom. The van der Waals surface area contributed by atoms with E-state index in [1.165, 1.54) is 0 Å². The molecule has 3 heterocycles. The molecule has 0 amide bonds. The van der Waals surface area contributed by atoms with Crippen LogP contribution in [0.2, 0.25) is 5.15 Å². The van der Waals surface area contributed by atoms with Gasteiger partial charge in [0.05, 0.1) is 0 Å². The van der Waals surface area contributed by atoms with Crippen molar-refractivity contribution in [1.29, 1.82) is 0 Å². The van der Waals surface area contributed by atoms with Gasteiger partial charge in [0.1, 0.15) is 21.8 Å². The van der Waals surface area contributed by atoms with Crippen molar-refractivity contribution in [2.45, 2.75) is 20.3 Å².